The van der Waals surface area contributed by atoms with E-state index in [1.54, 1.807) is 24.3 Å². The van der Waals surface area contributed by atoms with Crippen LogP contribution < -0.4 is 15.2 Å². The molecule has 1 aliphatic heterocycles. The van der Waals surface area contributed by atoms with Crippen LogP contribution in [0.5, 0.6) is 5.75 Å². The van der Waals surface area contributed by atoms with Crippen molar-refractivity contribution < 1.29 is 27.1 Å². The average Bonchev–Trinajstić information content (AvgIpc) is 2.96. The quantitative estimate of drug-likeness (QED) is 0.522. The number of carbonyl (C=O) groups excluding carboxylic acids is 1. The first-order valence-electron chi connectivity index (χ1n) is 8.64. The molecular weight excluding hydrogens is 440 g/mol. The van der Waals surface area contributed by atoms with Gasteiger partial charge < -0.3 is 10.1 Å². The van der Waals surface area contributed by atoms with E-state index < -0.39 is 26.7 Å². The summed E-state index contributed by atoms with van der Waals surface area (Å²) in [6, 6.07) is 11.0. The Morgan fingerprint density at radius 2 is 2.00 bits per heavy atom. The normalized spacial score (nSPS) is 19.5. The maximum atomic E-state index is 12.3. The first-order chi connectivity index (χ1) is 13.5. The van der Waals surface area contributed by atoms with Crippen LogP contribution >= 0.6 is 22.2 Å². The van der Waals surface area contributed by atoms with E-state index in [0.717, 1.165) is 0 Å². The third-order valence-corrected chi connectivity index (χ3v) is 7.45. The monoisotopic (exact) mass is 460 g/mol. The minimum absolute atomic E-state index is 0.00120. The summed E-state index contributed by atoms with van der Waals surface area (Å²) in [6.45, 7) is 0. The summed E-state index contributed by atoms with van der Waals surface area (Å²) >= 11 is 6.05. The van der Waals surface area contributed by atoms with Crippen LogP contribution in [0, 0.1) is 0 Å². The zero-order valence-electron chi connectivity index (χ0n) is 15.2. The van der Waals surface area contributed by atoms with Crippen molar-refractivity contribution in [3.05, 3.63) is 53.1 Å². The Labute approximate surface area is 175 Å². The zero-order chi connectivity index (χ0) is 21.2. The van der Waals surface area contributed by atoms with Crippen molar-refractivity contribution in [3.8, 4) is 5.75 Å². The molecular formula is C18H21ClN2O6S2. The Morgan fingerprint density at radius 1 is 1.28 bits per heavy atom. The number of ether oxygens (including phenoxy) is 1. The number of benzene rings is 2. The van der Waals surface area contributed by atoms with E-state index in [9.17, 15) is 22.3 Å². The van der Waals surface area contributed by atoms with Crippen LogP contribution in [-0.4, -0.2) is 41.0 Å². The van der Waals surface area contributed by atoms with Crippen LogP contribution in [0.3, 0.4) is 0 Å². The van der Waals surface area contributed by atoms with Gasteiger partial charge in [0.15, 0.2) is 0 Å². The minimum Gasteiger partial charge on any atom is -0.487 e. The molecule has 1 fully saturated rings. The molecule has 5 N–H and O–H groups in total. The Hall–Kier alpha value is -1.82. The summed E-state index contributed by atoms with van der Waals surface area (Å²) in [5, 5.41) is 8.37. The molecule has 0 saturated carbocycles. The molecule has 1 atom stereocenters. The number of nitrogens with two attached hydrogens (primary N) is 1. The lowest BCUT2D eigenvalue weighted by atomic mass is 10.1. The standard InChI is InChI=1S/C18H21ClN2O6S2/c19-15-4-2-1-3-12(15)9-18(22)21-13-5-6-16(17(10-13)29(20,25)26)27-14-7-8-28(23,24)11-14/h1-6,10,14,23-24H,7-9,11H2,(H,21,22)(H2,20,25,26). The van der Waals surface area contributed by atoms with Gasteiger partial charge in [0.25, 0.3) is 0 Å². The van der Waals surface area contributed by atoms with Crippen LogP contribution in [0.1, 0.15) is 12.0 Å². The average molecular weight is 461 g/mol. The predicted octanol–water partition coefficient (Wildman–Crippen LogP) is 3.07. The number of amides is 1. The molecule has 2 aromatic carbocycles. The second-order valence-corrected chi connectivity index (χ2v) is 11.0. The number of carbonyl (C=O) groups is 1. The molecule has 3 rings (SSSR count). The van der Waals surface area contributed by atoms with Gasteiger partial charge in [-0.3, -0.25) is 13.9 Å². The second-order valence-electron chi connectivity index (χ2n) is 6.72. The third-order valence-electron chi connectivity index (χ3n) is 4.36. The van der Waals surface area contributed by atoms with Gasteiger partial charge in [-0.1, -0.05) is 29.8 Å². The van der Waals surface area contributed by atoms with E-state index in [0.29, 0.717) is 17.0 Å². The zero-order valence-corrected chi connectivity index (χ0v) is 17.6. The van der Waals surface area contributed by atoms with Gasteiger partial charge in [0.05, 0.1) is 12.2 Å². The Bertz CT molecular complexity index is 1030. The Balaban J connectivity index is 1.77. The molecule has 0 aliphatic carbocycles. The molecule has 2 aromatic rings. The number of anilines is 1. The fourth-order valence-electron chi connectivity index (χ4n) is 2.98. The highest BCUT2D eigenvalue weighted by Gasteiger charge is 2.31. The lowest BCUT2D eigenvalue weighted by Gasteiger charge is -2.26. The van der Waals surface area contributed by atoms with Crippen LogP contribution in [0.4, 0.5) is 5.69 Å². The van der Waals surface area contributed by atoms with E-state index in [1.807, 2.05) is 0 Å². The SMILES string of the molecule is NS(=O)(=O)c1cc(NC(=O)Cc2ccccc2Cl)ccc1OC1CCS(O)(O)C1. The summed E-state index contributed by atoms with van der Waals surface area (Å²) in [6.07, 6.45) is -0.119. The lowest BCUT2D eigenvalue weighted by Crippen LogP contribution is -2.21. The van der Waals surface area contributed by atoms with E-state index in [-0.39, 0.29) is 40.2 Å². The van der Waals surface area contributed by atoms with E-state index in [1.165, 1.54) is 18.2 Å². The van der Waals surface area contributed by atoms with Crippen molar-refractivity contribution in [2.24, 2.45) is 5.14 Å². The minimum atomic E-state index is -4.14. The van der Waals surface area contributed by atoms with Gasteiger partial charge in [0.1, 0.15) is 16.7 Å². The van der Waals surface area contributed by atoms with E-state index in [2.05, 4.69) is 5.32 Å². The highest BCUT2D eigenvalue weighted by molar-refractivity contribution is 8.24. The van der Waals surface area contributed by atoms with E-state index >= 15 is 0 Å². The van der Waals surface area contributed by atoms with Gasteiger partial charge in [-0.2, -0.15) is 10.6 Å². The van der Waals surface area contributed by atoms with Crippen molar-refractivity contribution in [2.45, 2.75) is 23.8 Å². The number of nitrogens with one attached hydrogen (secondary N) is 1. The van der Waals surface area contributed by atoms with Gasteiger partial charge in [-0.05, 0) is 29.8 Å². The molecule has 1 unspecified atom stereocenters. The molecule has 8 nitrogen and oxygen atoms in total. The summed E-state index contributed by atoms with van der Waals surface area (Å²) in [7, 11) is -6.84. The summed E-state index contributed by atoms with van der Waals surface area (Å²) < 4.78 is 49.1. The molecule has 29 heavy (non-hydrogen) atoms. The van der Waals surface area contributed by atoms with Crippen LogP contribution in [-0.2, 0) is 21.2 Å². The Kier molecular flexibility index (Phi) is 6.42. The summed E-state index contributed by atoms with van der Waals surface area (Å²) in [5.74, 6) is -0.137. The number of sulfonamides is 1. The highest BCUT2D eigenvalue weighted by atomic mass is 35.5. The molecule has 0 radical (unpaired) electrons. The van der Waals surface area contributed by atoms with Crippen molar-refractivity contribution in [1.29, 1.82) is 0 Å². The van der Waals surface area contributed by atoms with Gasteiger partial charge >= 0.3 is 0 Å². The molecule has 1 amide bonds. The fraction of sp³-hybridized carbons (Fsp3) is 0.278. The molecule has 1 heterocycles. The fourth-order valence-corrected chi connectivity index (χ4v) is 5.51. The Morgan fingerprint density at radius 3 is 2.62 bits per heavy atom. The van der Waals surface area contributed by atoms with Crippen LogP contribution in [0.15, 0.2) is 47.4 Å². The first kappa shape index (κ1) is 21.9. The molecule has 0 bridgehead atoms. The van der Waals surface area contributed by atoms with Crippen molar-refractivity contribution in [2.75, 3.05) is 16.8 Å². The van der Waals surface area contributed by atoms with Gasteiger partial charge in [0, 0.05) is 22.9 Å². The smallest absolute Gasteiger partial charge is 0.241 e. The number of hydrogen-bond acceptors (Lipinski definition) is 6. The molecule has 0 spiro atoms. The number of halogens is 1. The summed E-state index contributed by atoms with van der Waals surface area (Å²) in [4.78, 5) is 12.0. The van der Waals surface area contributed by atoms with Gasteiger partial charge in [-0.25, -0.2) is 13.6 Å². The largest absolute Gasteiger partial charge is 0.487 e. The molecule has 0 aromatic heterocycles. The van der Waals surface area contributed by atoms with Crippen molar-refractivity contribution in [1.82, 2.24) is 0 Å². The molecule has 11 heteroatoms. The van der Waals surface area contributed by atoms with Crippen molar-refractivity contribution in [3.63, 3.8) is 0 Å². The molecule has 158 valence electrons. The van der Waals surface area contributed by atoms with Crippen LogP contribution in [0.2, 0.25) is 5.02 Å². The number of rotatable bonds is 6. The number of primary sulfonamides is 1. The lowest BCUT2D eigenvalue weighted by molar-refractivity contribution is -0.115. The second kappa shape index (κ2) is 8.50. The molecule has 1 aliphatic rings. The molecule has 1 saturated heterocycles. The maximum absolute atomic E-state index is 12.3. The van der Waals surface area contributed by atoms with Crippen LogP contribution in [0.25, 0.3) is 0 Å². The first-order valence-corrected chi connectivity index (χ1v) is 12.4. The third kappa shape index (κ3) is 5.84. The topological polar surface area (TPSA) is 139 Å². The number of hydrogen-bond donors (Lipinski definition) is 4. The highest BCUT2D eigenvalue weighted by Crippen LogP contribution is 2.47. The van der Waals surface area contributed by atoms with Gasteiger partial charge in [0.2, 0.25) is 15.9 Å². The maximum Gasteiger partial charge on any atom is 0.241 e. The summed E-state index contributed by atoms with van der Waals surface area (Å²) in [5.41, 5.74) is 0.868. The van der Waals surface area contributed by atoms with E-state index in [4.69, 9.17) is 21.5 Å². The predicted molar refractivity (Wildman–Crippen MR) is 113 cm³/mol. The van der Waals surface area contributed by atoms with Gasteiger partial charge in [-0.15, -0.1) is 0 Å². The van der Waals surface area contributed by atoms with Crippen molar-refractivity contribution >= 4 is 43.8 Å².